The van der Waals surface area contributed by atoms with Gasteiger partial charge in [-0.1, -0.05) is 13.8 Å². The van der Waals surface area contributed by atoms with Crippen molar-refractivity contribution in [1.29, 1.82) is 0 Å². The second kappa shape index (κ2) is 3.11. The maximum absolute atomic E-state index is 6.03. The highest BCUT2D eigenvalue weighted by molar-refractivity contribution is 4.91. The van der Waals surface area contributed by atoms with Crippen LogP contribution in [0, 0.1) is 5.41 Å². The summed E-state index contributed by atoms with van der Waals surface area (Å²) in [4.78, 5) is 2.18. The van der Waals surface area contributed by atoms with Gasteiger partial charge in [-0.15, -0.1) is 0 Å². The molecule has 0 rings (SSSR count). The quantitative estimate of drug-likeness (QED) is 0.671. The van der Waals surface area contributed by atoms with Crippen molar-refractivity contribution in [2.24, 2.45) is 11.1 Å². The van der Waals surface area contributed by atoms with E-state index in [1.807, 2.05) is 0 Å². The van der Waals surface area contributed by atoms with E-state index in [1.165, 1.54) is 0 Å². The van der Waals surface area contributed by atoms with Gasteiger partial charge in [0, 0.05) is 12.1 Å². The molecular formula is C9H22N2. The second-order valence-electron chi connectivity index (χ2n) is 4.84. The van der Waals surface area contributed by atoms with Gasteiger partial charge in [-0.25, -0.2) is 0 Å². The zero-order valence-electron chi connectivity index (χ0n) is 8.73. The summed E-state index contributed by atoms with van der Waals surface area (Å²) in [5.41, 5.74) is 6.08. The Bertz CT molecular complexity index is 120. The summed E-state index contributed by atoms with van der Waals surface area (Å²) in [6, 6.07) is 0. The highest BCUT2D eigenvalue weighted by Crippen LogP contribution is 2.28. The molecule has 0 saturated heterocycles. The highest BCUT2D eigenvalue weighted by Gasteiger charge is 2.33. The Morgan fingerprint density at radius 1 is 1.09 bits per heavy atom. The van der Waals surface area contributed by atoms with Crippen LogP contribution in [0.15, 0.2) is 0 Å². The van der Waals surface area contributed by atoms with Crippen molar-refractivity contribution in [3.8, 4) is 0 Å². The van der Waals surface area contributed by atoms with E-state index < -0.39 is 0 Å². The van der Waals surface area contributed by atoms with Crippen LogP contribution in [0.5, 0.6) is 0 Å². The van der Waals surface area contributed by atoms with Crippen LogP contribution >= 0.6 is 0 Å². The summed E-state index contributed by atoms with van der Waals surface area (Å²) < 4.78 is 0. The lowest BCUT2D eigenvalue weighted by Gasteiger charge is -2.40. The molecule has 0 aromatic heterocycles. The molecule has 0 saturated carbocycles. The predicted molar refractivity (Wildman–Crippen MR) is 50.6 cm³/mol. The lowest BCUT2D eigenvalue weighted by atomic mass is 9.75. The fraction of sp³-hybridized carbons (Fsp3) is 1.00. The molecule has 0 aliphatic carbocycles. The van der Waals surface area contributed by atoms with Crippen molar-refractivity contribution in [2.45, 2.75) is 33.2 Å². The smallest absolute Gasteiger partial charge is 0.0161 e. The number of hydrogen-bond donors (Lipinski definition) is 1. The molecule has 0 bridgehead atoms. The Morgan fingerprint density at radius 3 is 1.55 bits per heavy atom. The minimum atomic E-state index is -0.114. The van der Waals surface area contributed by atoms with E-state index in [-0.39, 0.29) is 11.0 Å². The molecule has 0 aliphatic heterocycles. The van der Waals surface area contributed by atoms with Crippen LogP contribution in [0.2, 0.25) is 0 Å². The molecule has 68 valence electrons. The number of nitrogens with zero attached hydrogens (tertiary/aromatic N) is 1. The highest BCUT2D eigenvalue weighted by atomic mass is 15.1. The van der Waals surface area contributed by atoms with Gasteiger partial charge < -0.3 is 10.6 Å². The summed E-state index contributed by atoms with van der Waals surface area (Å²) >= 11 is 0. The fourth-order valence-electron chi connectivity index (χ4n) is 0.994. The first-order valence-corrected chi connectivity index (χ1v) is 4.10. The van der Waals surface area contributed by atoms with Gasteiger partial charge in [-0.3, -0.25) is 0 Å². The van der Waals surface area contributed by atoms with E-state index in [4.69, 9.17) is 5.73 Å². The molecule has 0 aromatic carbocycles. The van der Waals surface area contributed by atoms with E-state index >= 15 is 0 Å². The van der Waals surface area contributed by atoms with E-state index in [0.29, 0.717) is 0 Å². The van der Waals surface area contributed by atoms with Crippen molar-refractivity contribution in [3.63, 3.8) is 0 Å². The van der Waals surface area contributed by atoms with E-state index in [9.17, 15) is 0 Å². The maximum atomic E-state index is 6.03. The minimum absolute atomic E-state index is 0.114. The molecule has 2 heteroatoms. The molecule has 0 aliphatic rings. The summed E-state index contributed by atoms with van der Waals surface area (Å²) in [5, 5.41) is 0. The van der Waals surface area contributed by atoms with E-state index in [1.54, 1.807) is 0 Å². The number of rotatable bonds is 3. The van der Waals surface area contributed by atoms with Crippen LogP contribution in [0.25, 0.3) is 0 Å². The lowest BCUT2D eigenvalue weighted by molar-refractivity contribution is 0.145. The SMILES string of the molecule is CN(C)CC(C)(C)C(C)(C)N. The van der Waals surface area contributed by atoms with Gasteiger partial charge in [0.1, 0.15) is 0 Å². The van der Waals surface area contributed by atoms with E-state index in [2.05, 4.69) is 46.7 Å². The molecule has 0 amide bonds. The third-order valence-electron chi connectivity index (χ3n) is 2.46. The molecule has 0 fully saturated rings. The number of nitrogens with two attached hydrogens (primary N) is 1. The van der Waals surface area contributed by atoms with Crippen molar-refractivity contribution in [2.75, 3.05) is 20.6 Å². The van der Waals surface area contributed by atoms with Crippen molar-refractivity contribution >= 4 is 0 Å². The molecular weight excluding hydrogens is 136 g/mol. The molecule has 0 radical (unpaired) electrons. The molecule has 0 atom stereocenters. The third kappa shape index (κ3) is 3.21. The fourth-order valence-corrected chi connectivity index (χ4v) is 0.994. The molecule has 2 nitrogen and oxygen atoms in total. The molecule has 0 unspecified atom stereocenters. The Hall–Kier alpha value is -0.0800. The Morgan fingerprint density at radius 2 is 1.45 bits per heavy atom. The predicted octanol–water partition coefficient (Wildman–Crippen LogP) is 1.31. The van der Waals surface area contributed by atoms with Crippen molar-refractivity contribution < 1.29 is 0 Å². The normalized spacial score (nSPS) is 14.2. The lowest BCUT2D eigenvalue weighted by Crippen LogP contribution is -2.51. The van der Waals surface area contributed by atoms with Gasteiger partial charge in [0.2, 0.25) is 0 Å². The zero-order valence-corrected chi connectivity index (χ0v) is 8.73. The average molecular weight is 158 g/mol. The Labute approximate surface area is 70.8 Å². The topological polar surface area (TPSA) is 29.3 Å². The first kappa shape index (κ1) is 10.9. The Kier molecular flexibility index (Phi) is 3.09. The second-order valence-corrected chi connectivity index (χ2v) is 4.84. The molecule has 0 spiro atoms. The van der Waals surface area contributed by atoms with Gasteiger partial charge in [-0.05, 0) is 33.4 Å². The van der Waals surface area contributed by atoms with Gasteiger partial charge in [0.05, 0.1) is 0 Å². The van der Waals surface area contributed by atoms with Crippen LogP contribution in [-0.4, -0.2) is 31.1 Å². The van der Waals surface area contributed by atoms with Crippen molar-refractivity contribution in [3.05, 3.63) is 0 Å². The molecule has 0 heterocycles. The Balaban J connectivity index is 4.22. The first-order valence-electron chi connectivity index (χ1n) is 4.10. The average Bonchev–Trinajstić information content (AvgIpc) is 1.56. The van der Waals surface area contributed by atoms with Gasteiger partial charge in [0.15, 0.2) is 0 Å². The standard InChI is InChI=1S/C9H22N2/c1-8(2,7-11(5)6)9(3,4)10/h7,10H2,1-6H3. The number of hydrogen-bond acceptors (Lipinski definition) is 2. The van der Waals surface area contributed by atoms with E-state index in [0.717, 1.165) is 6.54 Å². The van der Waals surface area contributed by atoms with Crippen LogP contribution in [-0.2, 0) is 0 Å². The molecule has 0 aromatic rings. The van der Waals surface area contributed by atoms with Gasteiger partial charge in [-0.2, -0.15) is 0 Å². The van der Waals surface area contributed by atoms with Crippen LogP contribution in [0.3, 0.4) is 0 Å². The minimum Gasteiger partial charge on any atom is -0.325 e. The maximum Gasteiger partial charge on any atom is 0.0161 e. The van der Waals surface area contributed by atoms with Crippen LogP contribution in [0.4, 0.5) is 0 Å². The molecule has 2 N–H and O–H groups in total. The monoisotopic (exact) mass is 158 g/mol. The van der Waals surface area contributed by atoms with Crippen LogP contribution in [0.1, 0.15) is 27.7 Å². The third-order valence-corrected chi connectivity index (χ3v) is 2.46. The summed E-state index contributed by atoms with van der Waals surface area (Å²) in [7, 11) is 4.15. The largest absolute Gasteiger partial charge is 0.325 e. The van der Waals surface area contributed by atoms with Gasteiger partial charge in [0.25, 0.3) is 0 Å². The molecule has 11 heavy (non-hydrogen) atoms. The van der Waals surface area contributed by atoms with Crippen LogP contribution < -0.4 is 5.73 Å². The summed E-state index contributed by atoms with van der Waals surface area (Å²) in [6.45, 7) is 9.59. The first-order chi connectivity index (χ1) is 4.67. The zero-order chi connectivity index (χ0) is 9.28. The van der Waals surface area contributed by atoms with Gasteiger partial charge >= 0.3 is 0 Å². The summed E-state index contributed by atoms with van der Waals surface area (Å²) in [6.07, 6.45) is 0. The van der Waals surface area contributed by atoms with Crippen molar-refractivity contribution in [1.82, 2.24) is 4.90 Å². The summed E-state index contributed by atoms with van der Waals surface area (Å²) in [5.74, 6) is 0.